The number of rotatable bonds is 5. The summed E-state index contributed by atoms with van der Waals surface area (Å²) in [4.78, 5) is 11.5. The Morgan fingerprint density at radius 1 is 1.23 bits per heavy atom. The van der Waals surface area contributed by atoms with Crippen LogP contribution in [-0.4, -0.2) is 62.8 Å². The van der Waals surface area contributed by atoms with E-state index in [4.69, 9.17) is 25.8 Å². The van der Waals surface area contributed by atoms with Crippen molar-refractivity contribution in [3.63, 3.8) is 0 Å². The number of imidazole rings is 1. The molecule has 4 atom stereocenters. The number of anilines is 1. The number of aromatic amines is 1. The van der Waals surface area contributed by atoms with Gasteiger partial charge in [0.2, 0.25) is 0 Å². The largest absolute Gasteiger partial charge is 0.505 e. The van der Waals surface area contributed by atoms with Crippen molar-refractivity contribution in [2.75, 3.05) is 18.5 Å². The Kier molecular flexibility index (Phi) is 5.05. The molecule has 0 unspecified atom stereocenters. The van der Waals surface area contributed by atoms with Gasteiger partial charge in [0.05, 0.1) is 23.8 Å². The third-order valence-corrected chi connectivity index (χ3v) is 5.54. The molecule has 2 aliphatic heterocycles. The minimum absolute atomic E-state index is 0.154. The lowest BCUT2D eigenvalue weighted by Crippen LogP contribution is -2.34. The van der Waals surface area contributed by atoms with E-state index < -0.39 is 41.8 Å². The second-order valence-electron chi connectivity index (χ2n) is 7.26. The Balaban J connectivity index is 1.34. The number of halogens is 3. The number of aromatic nitrogens is 3. The molecule has 0 aliphatic carbocycles. The van der Waals surface area contributed by atoms with Gasteiger partial charge in [0, 0.05) is 12.1 Å². The fourth-order valence-electron chi connectivity index (χ4n) is 3.68. The molecular weight excluding hydrogens is 438 g/mol. The van der Waals surface area contributed by atoms with E-state index in [0.29, 0.717) is 5.52 Å². The highest BCUT2D eigenvalue weighted by molar-refractivity contribution is 6.33. The van der Waals surface area contributed by atoms with Gasteiger partial charge in [0.15, 0.2) is 23.3 Å². The molecule has 0 bridgehead atoms. The monoisotopic (exact) mass is 454 g/mol. The number of ether oxygens (including phenoxy) is 3. The van der Waals surface area contributed by atoms with Gasteiger partial charge in [-0.1, -0.05) is 11.6 Å². The van der Waals surface area contributed by atoms with Crippen molar-refractivity contribution in [2.24, 2.45) is 0 Å². The van der Waals surface area contributed by atoms with Crippen LogP contribution in [-0.2, 0) is 16.0 Å². The van der Waals surface area contributed by atoms with Crippen LogP contribution in [0.25, 0.3) is 11.2 Å². The maximum absolute atomic E-state index is 14.0. The summed E-state index contributed by atoms with van der Waals surface area (Å²) in [6.45, 7) is 0.133. The molecule has 2 fully saturated rings. The number of H-pyrrole nitrogens is 1. The molecule has 31 heavy (non-hydrogen) atoms. The topological polar surface area (TPSA) is 122 Å². The number of hydrogen-bond acceptors (Lipinski definition) is 8. The van der Waals surface area contributed by atoms with Gasteiger partial charge in [-0.15, -0.1) is 0 Å². The van der Waals surface area contributed by atoms with Gasteiger partial charge in [0.25, 0.3) is 6.01 Å². The van der Waals surface area contributed by atoms with Crippen LogP contribution in [0, 0.1) is 11.6 Å². The zero-order valence-corrected chi connectivity index (χ0v) is 16.6. The number of pyridine rings is 1. The van der Waals surface area contributed by atoms with Crippen LogP contribution in [0.2, 0.25) is 5.02 Å². The van der Waals surface area contributed by atoms with Gasteiger partial charge in [-0.25, -0.2) is 13.8 Å². The summed E-state index contributed by atoms with van der Waals surface area (Å²) in [5.74, 6) is -2.37. The van der Waals surface area contributed by atoms with Crippen LogP contribution in [0.3, 0.4) is 0 Å². The Morgan fingerprint density at radius 3 is 2.87 bits per heavy atom. The summed E-state index contributed by atoms with van der Waals surface area (Å²) >= 11 is 6.23. The number of phenolic OH excluding ortho intramolecular Hbond substituents is 1. The van der Waals surface area contributed by atoms with E-state index in [1.807, 2.05) is 0 Å². The second-order valence-corrected chi connectivity index (χ2v) is 7.67. The molecule has 2 saturated heterocycles. The summed E-state index contributed by atoms with van der Waals surface area (Å²) in [7, 11) is 0. The minimum Gasteiger partial charge on any atom is -0.505 e. The number of phenols is 1. The van der Waals surface area contributed by atoms with Crippen LogP contribution in [0.4, 0.5) is 14.6 Å². The second kappa shape index (κ2) is 7.75. The van der Waals surface area contributed by atoms with Crippen LogP contribution in [0.15, 0.2) is 18.2 Å². The van der Waals surface area contributed by atoms with Gasteiger partial charge in [0.1, 0.15) is 29.9 Å². The van der Waals surface area contributed by atoms with Crippen molar-refractivity contribution in [1.29, 1.82) is 0 Å². The number of benzene rings is 1. The molecule has 1 aromatic carbocycles. The van der Waals surface area contributed by atoms with E-state index in [2.05, 4.69) is 20.3 Å². The molecule has 9 nitrogen and oxygen atoms in total. The molecular formula is C19H17ClF2N4O5. The fraction of sp³-hybridized carbons (Fsp3) is 0.368. The van der Waals surface area contributed by atoms with Crippen LogP contribution >= 0.6 is 11.6 Å². The standard InChI is InChI=1S/C19H17ClF2N4O5/c20-8-3-10-18(25-17(8)23-4-7-9(21)1-2-11(27)14(7)22)26-19(24-10)31-13-6-30-15-12(28)5-29-16(13)15/h1-3,12-13,15-16,27-28H,4-6H2,(H2,23,24,25,26)/t12-,13-,15-,16-/m1/s1. The van der Waals surface area contributed by atoms with E-state index in [1.54, 1.807) is 6.07 Å². The summed E-state index contributed by atoms with van der Waals surface area (Å²) in [6.07, 6.45) is -1.97. The molecule has 0 radical (unpaired) electrons. The average molecular weight is 455 g/mol. The van der Waals surface area contributed by atoms with Crippen molar-refractivity contribution in [3.8, 4) is 11.8 Å². The van der Waals surface area contributed by atoms with E-state index in [-0.39, 0.29) is 47.8 Å². The lowest BCUT2D eigenvalue weighted by atomic mass is 10.1. The summed E-state index contributed by atoms with van der Waals surface area (Å²) in [5.41, 5.74) is 0.406. The Morgan fingerprint density at radius 2 is 2.03 bits per heavy atom. The Labute approximate surface area is 178 Å². The fourth-order valence-corrected chi connectivity index (χ4v) is 3.90. The molecule has 12 heteroatoms. The normalized spacial score (nSPS) is 25.2. The number of aliphatic hydroxyl groups is 1. The smallest absolute Gasteiger partial charge is 0.296 e. The number of nitrogens with one attached hydrogen (secondary N) is 2. The van der Waals surface area contributed by atoms with E-state index in [1.165, 1.54) is 0 Å². The molecule has 0 amide bonds. The minimum atomic E-state index is -1.06. The Bertz CT molecular complexity index is 1150. The highest BCUT2D eigenvalue weighted by Gasteiger charge is 2.48. The predicted octanol–water partition coefficient (Wildman–Crippen LogP) is 2.11. The summed E-state index contributed by atoms with van der Waals surface area (Å²) in [6, 6.07) is 3.62. The van der Waals surface area contributed by atoms with Crippen LogP contribution < -0.4 is 10.1 Å². The zero-order valence-electron chi connectivity index (χ0n) is 15.8. The molecule has 2 aromatic heterocycles. The number of aliphatic hydroxyl groups excluding tert-OH is 1. The van der Waals surface area contributed by atoms with E-state index in [0.717, 1.165) is 12.1 Å². The molecule has 164 valence electrons. The van der Waals surface area contributed by atoms with Gasteiger partial charge in [-0.2, -0.15) is 4.98 Å². The van der Waals surface area contributed by atoms with Crippen molar-refractivity contribution in [2.45, 2.75) is 31.0 Å². The molecule has 4 N–H and O–H groups in total. The number of hydrogen-bond donors (Lipinski definition) is 4. The first-order chi connectivity index (χ1) is 14.9. The van der Waals surface area contributed by atoms with Gasteiger partial charge in [-0.05, 0) is 18.2 Å². The van der Waals surface area contributed by atoms with Gasteiger partial charge >= 0.3 is 0 Å². The SMILES string of the molecule is Oc1ccc(F)c(CNc2nc3nc(O[C@@H]4CO[C@H]5[C@@H]4OC[C@H]5O)[nH]c3cc2Cl)c1F. The van der Waals surface area contributed by atoms with Gasteiger partial charge in [-0.3, -0.25) is 0 Å². The third kappa shape index (κ3) is 3.63. The summed E-state index contributed by atoms with van der Waals surface area (Å²) in [5, 5.41) is 22.2. The van der Waals surface area contributed by atoms with Gasteiger partial charge < -0.3 is 34.7 Å². The molecule has 0 spiro atoms. The predicted molar refractivity (Wildman–Crippen MR) is 104 cm³/mol. The zero-order chi connectivity index (χ0) is 21.7. The lowest BCUT2D eigenvalue weighted by molar-refractivity contribution is 0.00706. The first-order valence-electron chi connectivity index (χ1n) is 9.44. The summed E-state index contributed by atoms with van der Waals surface area (Å²) < 4.78 is 44.7. The molecule has 3 aromatic rings. The molecule has 2 aliphatic rings. The molecule has 5 rings (SSSR count). The lowest BCUT2D eigenvalue weighted by Gasteiger charge is -2.15. The van der Waals surface area contributed by atoms with E-state index in [9.17, 15) is 19.0 Å². The number of nitrogens with zero attached hydrogens (tertiary/aromatic N) is 2. The third-order valence-electron chi connectivity index (χ3n) is 5.25. The Hall–Kier alpha value is -2.73. The highest BCUT2D eigenvalue weighted by atomic mass is 35.5. The van der Waals surface area contributed by atoms with Crippen molar-refractivity contribution in [3.05, 3.63) is 40.4 Å². The van der Waals surface area contributed by atoms with Crippen LogP contribution in [0.1, 0.15) is 5.56 Å². The van der Waals surface area contributed by atoms with Crippen molar-refractivity contribution < 1.29 is 33.2 Å². The quantitative estimate of drug-likeness (QED) is 0.462. The maximum Gasteiger partial charge on any atom is 0.296 e. The number of aromatic hydroxyl groups is 1. The molecule has 4 heterocycles. The maximum atomic E-state index is 14.0. The van der Waals surface area contributed by atoms with E-state index >= 15 is 0 Å². The van der Waals surface area contributed by atoms with Crippen molar-refractivity contribution in [1.82, 2.24) is 15.0 Å². The average Bonchev–Trinajstić information content (AvgIpc) is 3.42. The van der Waals surface area contributed by atoms with Crippen LogP contribution in [0.5, 0.6) is 11.8 Å². The van der Waals surface area contributed by atoms with Crippen molar-refractivity contribution >= 4 is 28.6 Å². The first kappa shape index (κ1) is 20.2. The highest BCUT2D eigenvalue weighted by Crippen LogP contribution is 2.31. The molecule has 0 saturated carbocycles. The first-order valence-corrected chi connectivity index (χ1v) is 9.82. The number of fused-ring (bicyclic) bond motifs is 2.